The van der Waals surface area contributed by atoms with Gasteiger partial charge in [0.2, 0.25) is 11.8 Å². The molecule has 0 bridgehead atoms. The van der Waals surface area contributed by atoms with Crippen LogP contribution in [-0.4, -0.2) is 74.9 Å². The Bertz CT molecular complexity index is 1700. The van der Waals surface area contributed by atoms with E-state index in [0.717, 1.165) is 35.9 Å². The highest BCUT2D eigenvalue weighted by Crippen LogP contribution is 2.47. The van der Waals surface area contributed by atoms with E-state index in [-0.39, 0.29) is 24.2 Å². The minimum absolute atomic E-state index is 0.116. The summed E-state index contributed by atoms with van der Waals surface area (Å²) in [4.78, 5) is 46.6. The molecule has 2 N–H and O–H groups in total. The first-order valence-electron chi connectivity index (χ1n) is 16.2. The smallest absolute Gasteiger partial charge is 0.330 e. The third-order valence-electron chi connectivity index (χ3n) is 9.86. The number of carbonyl (C=O) groups is 3. The molecule has 46 heavy (non-hydrogen) atoms. The number of aliphatic carboxylic acids is 1. The lowest BCUT2D eigenvalue weighted by molar-refractivity contribution is -0.145. The average molecular weight is 630 g/mol. The minimum atomic E-state index is -1.33. The summed E-state index contributed by atoms with van der Waals surface area (Å²) < 4.78 is 14.0. The van der Waals surface area contributed by atoms with Gasteiger partial charge in [0, 0.05) is 42.7 Å². The van der Waals surface area contributed by atoms with Crippen molar-refractivity contribution in [3.05, 3.63) is 53.9 Å². The van der Waals surface area contributed by atoms with Crippen molar-refractivity contribution in [1.82, 2.24) is 25.0 Å². The fourth-order valence-electron chi connectivity index (χ4n) is 6.95. The van der Waals surface area contributed by atoms with E-state index in [1.807, 2.05) is 49.5 Å². The van der Waals surface area contributed by atoms with E-state index < -0.39 is 35.4 Å². The highest BCUT2D eigenvalue weighted by atomic mass is 16.5. The molecule has 2 fully saturated rings. The molecule has 3 heterocycles. The Morgan fingerprint density at radius 3 is 2.63 bits per heavy atom. The van der Waals surface area contributed by atoms with Gasteiger partial charge in [-0.1, -0.05) is 26.0 Å². The Morgan fingerprint density at radius 2 is 1.91 bits per heavy atom. The van der Waals surface area contributed by atoms with Crippen molar-refractivity contribution < 1.29 is 29.0 Å². The van der Waals surface area contributed by atoms with Crippen LogP contribution in [0.3, 0.4) is 0 Å². The number of carboxylic acids is 1. The number of carbonyl (C=O) groups excluding carboxylic acids is 2. The molecule has 2 saturated carbocycles. The van der Waals surface area contributed by atoms with Gasteiger partial charge in [-0.3, -0.25) is 9.59 Å². The molecule has 0 saturated heterocycles. The molecular weight excluding hydrogens is 586 g/mol. The van der Waals surface area contributed by atoms with Crippen LogP contribution in [0.4, 0.5) is 0 Å². The lowest BCUT2D eigenvalue weighted by Crippen LogP contribution is -2.49. The van der Waals surface area contributed by atoms with Crippen molar-refractivity contribution in [3.8, 4) is 17.3 Å². The lowest BCUT2D eigenvalue weighted by atomic mass is 9.93. The second-order valence-electron chi connectivity index (χ2n) is 13.3. The highest BCUT2D eigenvalue weighted by Gasteiger charge is 2.61. The molecule has 11 nitrogen and oxygen atoms in total. The number of aromatic nitrogens is 3. The van der Waals surface area contributed by atoms with E-state index in [1.54, 1.807) is 23.7 Å². The summed E-state index contributed by atoms with van der Waals surface area (Å²) in [7, 11) is 3.39. The number of nitrogens with one attached hydrogen (secondary N) is 1. The number of pyridine rings is 1. The maximum atomic E-state index is 13.8. The summed E-state index contributed by atoms with van der Waals surface area (Å²) in [6, 6.07) is 7.59. The third-order valence-corrected chi connectivity index (χ3v) is 9.86. The summed E-state index contributed by atoms with van der Waals surface area (Å²) >= 11 is 0. The molecule has 244 valence electrons. The van der Waals surface area contributed by atoms with Crippen molar-refractivity contribution in [2.24, 2.45) is 17.8 Å². The van der Waals surface area contributed by atoms with Gasteiger partial charge in [-0.25, -0.2) is 14.5 Å². The minimum Gasteiger partial charge on any atom is -0.496 e. The Balaban J connectivity index is 1.35. The van der Waals surface area contributed by atoms with Crippen LogP contribution in [0, 0.1) is 24.7 Å². The number of fused-ring (bicyclic) bond motifs is 3. The third kappa shape index (κ3) is 5.83. The molecule has 11 heteroatoms. The summed E-state index contributed by atoms with van der Waals surface area (Å²) in [5, 5.41) is 18.4. The molecule has 3 aromatic rings. The Labute approximate surface area is 268 Å². The van der Waals surface area contributed by atoms with Crippen LogP contribution in [0.2, 0.25) is 0 Å². The van der Waals surface area contributed by atoms with Gasteiger partial charge in [-0.15, -0.1) is 0 Å². The molecule has 0 radical (unpaired) electrons. The maximum Gasteiger partial charge on any atom is 0.330 e. The summed E-state index contributed by atoms with van der Waals surface area (Å²) in [5.41, 5.74) is 1.16. The standard InChI is InChI=1S/C35H43N5O6/c1-20(2)27-13-15-40(38-27)30-18-29(24-11-12-28(45-5)21(3)31(24)36-30)46-23-16-25-26(17-23)33(42)39(4)14-9-7-6-8-10-22-19-35(22,34(43)44)37-32(25)41/h8,10-13,15,18,20,22-23,25-26H,6-7,9,14,16-17,19H2,1-5H3,(H,37,41)(H,43,44)/b10-8-/t22-,23-,25-,26-,35-/m1/s1. The molecule has 6 rings (SSSR count). The summed E-state index contributed by atoms with van der Waals surface area (Å²) in [5.74, 6) is -1.11. The van der Waals surface area contributed by atoms with Crippen LogP contribution in [0.1, 0.15) is 69.5 Å². The molecule has 3 aliphatic rings. The van der Waals surface area contributed by atoms with E-state index in [1.165, 1.54) is 0 Å². The highest BCUT2D eigenvalue weighted by molar-refractivity contribution is 5.94. The molecule has 1 aliphatic heterocycles. The molecule has 2 amide bonds. The predicted molar refractivity (Wildman–Crippen MR) is 172 cm³/mol. The topological polar surface area (TPSA) is 136 Å². The quantitative estimate of drug-likeness (QED) is 0.372. The number of rotatable bonds is 6. The molecule has 1 aromatic carbocycles. The number of benzene rings is 1. The number of allylic oxidation sites excluding steroid dienone is 1. The van der Waals surface area contributed by atoms with Gasteiger partial charge in [0.1, 0.15) is 23.1 Å². The van der Waals surface area contributed by atoms with Crippen molar-refractivity contribution in [3.63, 3.8) is 0 Å². The molecule has 0 spiro atoms. The second-order valence-corrected chi connectivity index (χ2v) is 13.3. The zero-order valence-electron chi connectivity index (χ0n) is 27.2. The normalized spacial score (nSPS) is 27.5. The molecule has 2 aliphatic carbocycles. The van der Waals surface area contributed by atoms with Crippen LogP contribution in [0.25, 0.3) is 16.7 Å². The van der Waals surface area contributed by atoms with Crippen molar-refractivity contribution in [1.29, 1.82) is 0 Å². The van der Waals surface area contributed by atoms with E-state index in [0.29, 0.717) is 42.2 Å². The number of hydrogen-bond acceptors (Lipinski definition) is 7. The first kappa shape index (κ1) is 31.6. The number of carboxylic acid groups (broad SMARTS) is 1. The van der Waals surface area contributed by atoms with E-state index >= 15 is 0 Å². The predicted octanol–water partition coefficient (Wildman–Crippen LogP) is 4.79. The zero-order valence-corrected chi connectivity index (χ0v) is 27.2. The fourth-order valence-corrected chi connectivity index (χ4v) is 6.95. The molecule has 2 aromatic heterocycles. The second kappa shape index (κ2) is 12.4. The van der Waals surface area contributed by atoms with Crippen LogP contribution >= 0.6 is 0 Å². The number of ether oxygens (including phenoxy) is 2. The number of amides is 2. The molecule has 5 atom stereocenters. The van der Waals surface area contributed by atoms with Gasteiger partial charge in [0.25, 0.3) is 0 Å². The molecular formula is C35H43N5O6. The van der Waals surface area contributed by atoms with Gasteiger partial charge >= 0.3 is 5.97 Å². The zero-order chi connectivity index (χ0) is 32.7. The van der Waals surface area contributed by atoms with Gasteiger partial charge in [0.05, 0.1) is 30.2 Å². The number of methoxy groups -OCH3 is 1. The van der Waals surface area contributed by atoms with Crippen molar-refractivity contribution in [2.75, 3.05) is 20.7 Å². The number of nitrogens with zero attached hydrogens (tertiary/aromatic N) is 4. The number of hydrogen-bond donors (Lipinski definition) is 2. The van der Waals surface area contributed by atoms with Gasteiger partial charge in [-0.2, -0.15) is 5.10 Å². The van der Waals surface area contributed by atoms with Crippen molar-refractivity contribution in [2.45, 2.75) is 76.9 Å². The first-order valence-corrected chi connectivity index (χ1v) is 16.2. The Hall–Kier alpha value is -4.41. The fraction of sp³-hybridized carbons (Fsp3) is 0.514. The first-order chi connectivity index (χ1) is 22.0. The van der Waals surface area contributed by atoms with Crippen molar-refractivity contribution >= 4 is 28.7 Å². The van der Waals surface area contributed by atoms with Crippen LogP contribution < -0.4 is 14.8 Å². The van der Waals surface area contributed by atoms with Gasteiger partial charge in [0.15, 0.2) is 5.82 Å². The van der Waals surface area contributed by atoms with Crippen LogP contribution in [-0.2, 0) is 14.4 Å². The largest absolute Gasteiger partial charge is 0.496 e. The molecule has 0 unspecified atom stereocenters. The van der Waals surface area contributed by atoms with Crippen LogP contribution in [0.15, 0.2) is 42.6 Å². The lowest BCUT2D eigenvalue weighted by Gasteiger charge is -2.26. The van der Waals surface area contributed by atoms with Gasteiger partial charge < -0.3 is 24.8 Å². The summed E-state index contributed by atoms with van der Waals surface area (Å²) in [6.07, 6.45) is 8.79. The van der Waals surface area contributed by atoms with E-state index in [2.05, 4.69) is 19.2 Å². The number of aryl methyl sites for hydroxylation is 1. The van der Waals surface area contributed by atoms with Gasteiger partial charge in [-0.05, 0) is 69.6 Å². The SMILES string of the molecule is COc1ccc2c(O[C@@H]3C[C@H]4C(=O)N[C@]5(C(=O)O)C[C@H]5/C=C\CCCCN(C)C(=O)[C@@H]4C3)cc(-n3ccc(C(C)C)n3)nc2c1C. The van der Waals surface area contributed by atoms with Crippen LogP contribution in [0.5, 0.6) is 11.5 Å². The Morgan fingerprint density at radius 1 is 1.13 bits per heavy atom. The van der Waals surface area contributed by atoms with E-state index in [4.69, 9.17) is 19.6 Å². The summed E-state index contributed by atoms with van der Waals surface area (Å²) in [6.45, 7) is 6.70. The maximum absolute atomic E-state index is 13.8. The monoisotopic (exact) mass is 629 g/mol. The average Bonchev–Trinajstić information content (AvgIpc) is 3.33. The Kier molecular flexibility index (Phi) is 8.52. The van der Waals surface area contributed by atoms with E-state index in [9.17, 15) is 19.5 Å².